The van der Waals surface area contributed by atoms with Crippen LogP contribution in [0.15, 0.2) is 0 Å². The first-order chi connectivity index (χ1) is 7.25. The van der Waals surface area contributed by atoms with Gasteiger partial charge in [0.15, 0.2) is 0 Å². The van der Waals surface area contributed by atoms with Crippen LogP contribution >= 0.6 is 11.5 Å². The summed E-state index contributed by atoms with van der Waals surface area (Å²) in [6, 6.07) is 0. The van der Waals surface area contributed by atoms with Crippen molar-refractivity contribution in [3.05, 3.63) is 16.1 Å². The standard InChI is InChI=1S/C9H14N2O3S2/c1-5(2)16(13,14)11-9(12)8-6(3)10-15-7(8)4/h5H,1-4H3,(H,11,12). The molecule has 1 aromatic rings. The number of hydrogen-bond donors (Lipinski definition) is 1. The van der Waals surface area contributed by atoms with Gasteiger partial charge in [0.1, 0.15) is 0 Å². The molecule has 7 heteroatoms. The first-order valence-corrected chi connectivity index (χ1v) is 7.06. The minimum Gasteiger partial charge on any atom is -0.268 e. The van der Waals surface area contributed by atoms with Gasteiger partial charge in [0, 0.05) is 4.88 Å². The Morgan fingerprint density at radius 3 is 2.31 bits per heavy atom. The van der Waals surface area contributed by atoms with E-state index in [2.05, 4.69) is 4.37 Å². The highest BCUT2D eigenvalue weighted by Crippen LogP contribution is 2.17. The molecular weight excluding hydrogens is 248 g/mol. The number of carbonyl (C=O) groups excluding carboxylic acids is 1. The SMILES string of the molecule is Cc1nsc(C)c1C(=O)NS(=O)(=O)C(C)C. The molecule has 1 heterocycles. The molecule has 0 radical (unpaired) electrons. The Morgan fingerprint density at radius 2 is 1.94 bits per heavy atom. The van der Waals surface area contributed by atoms with E-state index in [-0.39, 0.29) is 0 Å². The molecule has 0 spiro atoms. The molecular formula is C9H14N2O3S2. The van der Waals surface area contributed by atoms with E-state index in [1.165, 1.54) is 25.4 Å². The second-order valence-electron chi connectivity index (χ2n) is 3.72. The van der Waals surface area contributed by atoms with E-state index in [0.29, 0.717) is 16.1 Å². The van der Waals surface area contributed by atoms with Crippen LogP contribution in [0.5, 0.6) is 0 Å². The molecule has 0 aliphatic heterocycles. The largest absolute Gasteiger partial charge is 0.268 e. The van der Waals surface area contributed by atoms with Gasteiger partial charge in [-0.15, -0.1) is 0 Å². The molecule has 1 rings (SSSR count). The summed E-state index contributed by atoms with van der Waals surface area (Å²) in [6.07, 6.45) is 0. The van der Waals surface area contributed by atoms with Crippen molar-refractivity contribution in [1.82, 2.24) is 9.10 Å². The van der Waals surface area contributed by atoms with Gasteiger partial charge in [-0.2, -0.15) is 4.37 Å². The molecule has 90 valence electrons. The van der Waals surface area contributed by atoms with E-state index in [1.54, 1.807) is 13.8 Å². The van der Waals surface area contributed by atoms with E-state index in [0.717, 1.165) is 0 Å². The average Bonchev–Trinajstić information content (AvgIpc) is 2.44. The molecule has 1 aromatic heterocycles. The Bertz CT molecular complexity index is 483. The Labute approximate surface area is 99.1 Å². The second kappa shape index (κ2) is 4.50. The second-order valence-corrected chi connectivity index (χ2v) is 6.94. The summed E-state index contributed by atoms with van der Waals surface area (Å²) in [5.74, 6) is -0.600. The van der Waals surface area contributed by atoms with E-state index in [9.17, 15) is 13.2 Å². The maximum Gasteiger partial charge on any atom is 0.267 e. The molecule has 16 heavy (non-hydrogen) atoms. The fraction of sp³-hybridized carbons (Fsp3) is 0.556. The molecule has 0 aliphatic rings. The highest BCUT2D eigenvalue weighted by atomic mass is 32.2. The van der Waals surface area contributed by atoms with Crippen molar-refractivity contribution in [2.45, 2.75) is 32.9 Å². The summed E-state index contributed by atoms with van der Waals surface area (Å²) < 4.78 is 29.1. The van der Waals surface area contributed by atoms with E-state index < -0.39 is 21.2 Å². The number of sulfonamides is 1. The van der Waals surface area contributed by atoms with Gasteiger partial charge in [-0.05, 0) is 39.2 Å². The van der Waals surface area contributed by atoms with Crippen LogP contribution in [0.3, 0.4) is 0 Å². The van der Waals surface area contributed by atoms with Gasteiger partial charge in [-0.25, -0.2) is 13.1 Å². The highest BCUT2D eigenvalue weighted by Gasteiger charge is 2.23. The zero-order chi connectivity index (χ0) is 12.5. The normalized spacial score (nSPS) is 11.8. The van der Waals surface area contributed by atoms with Gasteiger partial charge in [0.05, 0.1) is 16.5 Å². The van der Waals surface area contributed by atoms with Gasteiger partial charge in [0.2, 0.25) is 10.0 Å². The number of carbonyl (C=O) groups is 1. The van der Waals surface area contributed by atoms with Crippen LogP contribution in [-0.4, -0.2) is 23.9 Å². The third-order valence-corrected chi connectivity index (χ3v) is 4.67. The zero-order valence-electron chi connectivity index (χ0n) is 9.57. The Balaban J connectivity index is 2.98. The number of aryl methyl sites for hydroxylation is 2. The Hall–Kier alpha value is -0.950. The van der Waals surface area contributed by atoms with Crippen LogP contribution in [0.1, 0.15) is 34.8 Å². The molecule has 1 amide bonds. The maximum absolute atomic E-state index is 11.7. The van der Waals surface area contributed by atoms with E-state index >= 15 is 0 Å². The van der Waals surface area contributed by atoms with Crippen LogP contribution in [0.25, 0.3) is 0 Å². The molecule has 0 aliphatic carbocycles. The van der Waals surface area contributed by atoms with Crippen molar-refractivity contribution < 1.29 is 13.2 Å². The third-order valence-electron chi connectivity index (χ3n) is 2.12. The average molecular weight is 262 g/mol. The lowest BCUT2D eigenvalue weighted by atomic mass is 10.2. The van der Waals surface area contributed by atoms with Crippen molar-refractivity contribution in [3.8, 4) is 0 Å². The molecule has 0 fully saturated rings. The molecule has 1 N–H and O–H groups in total. The summed E-state index contributed by atoms with van der Waals surface area (Å²) >= 11 is 1.19. The molecule has 0 saturated carbocycles. The quantitative estimate of drug-likeness (QED) is 0.889. The van der Waals surface area contributed by atoms with Crippen LogP contribution < -0.4 is 4.72 Å². The van der Waals surface area contributed by atoms with Crippen molar-refractivity contribution in [1.29, 1.82) is 0 Å². The van der Waals surface area contributed by atoms with Crippen molar-refractivity contribution >= 4 is 27.5 Å². The number of amides is 1. The Morgan fingerprint density at radius 1 is 1.38 bits per heavy atom. The number of nitrogens with one attached hydrogen (secondary N) is 1. The monoisotopic (exact) mass is 262 g/mol. The topological polar surface area (TPSA) is 76.1 Å². The third kappa shape index (κ3) is 2.59. The first kappa shape index (κ1) is 13.1. The van der Waals surface area contributed by atoms with Gasteiger partial charge >= 0.3 is 0 Å². The molecule has 0 unspecified atom stereocenters. The minimum absolute atomic E-state index is 0.356. The molecule has 0 saturated heterocycles. The minimum atomic E-state index is -3.58. The van der Waals surface area contributed by atoms with Gasteiger partial charge in [-0.3, -0.25) is 4.79 Å². The molecule has 5 nitrogen and oxygen atoms in total. The summed E-state index contributed by atoms with van der Waals surface area (Å²) in [4.78, 5) is 12.5. The first-order valence-electron chi connectivity index (χ1n) is 4.74. The Kier molecular flexibility index (Phi) is 3.69. The fourth-order valence-corrected chi connectivity index (χ4v) is 2.40. The lowest BCUT2D eigenvalue weighted by Gasteiger charge is -2.09. The van der Waals surface area contributed by atoms with Crippen molar-refractivity contribution in [3.63, 3.8) is 0 Å². The van der Waals surface area contributed by atoms with Gasteiger partial charge < -0.3 is 0 Å². The predicted octanol–water partition coefficient (Wildman–Crippen LogP) is 1.23. The van der Waals surface area contributed by atoms with Gasteiger partial charge in [-0.1, -0.05) is 0 Å². The lowest BCUT2D eigenvalue weighted by molar-refractivity contribution is 0.0980. The van der Waals surface area contributed by atoms with Crippen LogP contribution in [0, 0.1) is 13.8 Å². The summed E-state index contributed by atoms with van der Waals surface area (Å²) in [6.45, 7) is 6.45. The molecule has 0 aromatic carbocycles. The number of aromatic nitrogens is 1. The molecule has 0 atom stereocenters. The number of nitrogens with zero attached hydrogens (tertiary/aromatic N) is 1. The number of hydrogen-bond acceptors (Lipinski definition) is 5. The fourth-order valence-electron chi connectivity index (χ4n) is 1.11. The maximum atomic E-state index is 11.7. The van der Waals surface area contributed by atoms with Crippen LogP contribution in [-0.2, 0) is 10.0 Å². The van der Waals surface area contributed by atoms with E-state index in [1.807, 2.05) is 4.72 Å². The smallest absolute Gasteiger partial charge is 0.267 e. The van der Waals surface area contributed by atoms with Crippen molar-refractivity contribution in [2.24, 2.45) is 0 Å². The van der Waals surface area contributed by atoms with Crippen LogP contribution in [0.4, 0.5) is 0 Å². The number of rotatable bonds is 3. The predicted molar refractivity (Wildman–Crippen MR) is 63.1 cm³/mol. The highest BCUT2D eigenvalue weighted by molar-refractivity contribution is 7.90. The molecule has 0 bridgehead atoms. The zero-order valence-corrected chi connectivity index (χ0v) is 11.2. The lowest BCUT2D eigenvalue weighted by Crippen LogP contribution is -2.36. The summed E-state index contributed by atoms with van der Waals surface area (Å²) in [5, 5.41) is -0.636. The van der Waals surface area contributed by atoms with Crippen LogP contribution in [0.2, 0.25) is 0 Å². The van der Waals surface area contributed by atoms with E-state index in [4.69, 9.17) is 0 Å². The van der Waals surface area contributed by atoms with Gasteiger partial charge in [0.25, 0.3) is 5.91 Å². The van der Waals surface area contributed by atoms with Crippen molar-refractivity contribution in [2.75, 3.05) is 0 Å². The summed E-state index contributed by atoms with van der Waals surface area (Å²) in [7, 11) is -3.58. The summed E-state index contributed by atoms with van der Waals surface area (Å²) in [5.41, 5.74) is 0.910.